The summed E-state index contributed by atoms with van der Waals surface area (Å²) < 4.78 is 5.91. The molecule has 1 heterocycles. The van der Waals surface area contributed by atoms with Crippen LogP contribution in [0.25, 0.3) is 10.9 Å². The molecule has 0 amide bonds. The standard InChI is InChI=1S/C22H35NO2/c1-2-3-4-5-6-7-8-9-10-11-16-25-20-12-13-22-21(17-20)19(14-15-24)18-23-22/h12-13,17-18,23-24H,2-11,14-16H2,1H3. The second-order valence-corrected chi connectivity index (χ2v) is 7.03. The van der Waals surface area contributed by atoms with Crippen LogP contribution >= 0.6 is 0 Å². The Labute approximate surface area is 152 Å². The molecule has 0 aliphatic rings. The third-order valence-electron chi connectivity index (χ3n) is 4.89. The molecule has 2 rings (SSSR count). The van der Waals surface area contributed by atoms with E-state index in [4.69, 9.17) is 9.84 Å². The summed E-state index contributed by atoms with van der Waals surface area (Å²) in [6.45, 7) is 3.24. The molecule has 0 radical (unpaired) electrons. The van der Waals surface area contributed by atoms with E-state index in [1.54, 1.807) is 0 Å². The number of unbranched alkanes of at least 4 members (excludes halogenated alkanes) is 9. The zero-order valence-electron chi connectivity index (χ0n) is 15.9. The molecule has 1 aromatic heterocycles. The number of aromatic nitrogens is 1. The van der Waals surface area contributed by atoms with E-state index in [-0.39, 0.29) is 6.61 Å². The highest BCUT2D eigenvalue weighted by Crippen LogP contribution is 2.24. The molecule has 0 unspecified atom stereocenters. The van der Waals surface area contributed by atoms with Crippen LogP contribution in [0.3, 0.4) is 0 Å². The first kappa shape index (κ1) is 19.8. The molecule has 0 aliphatic carbocycles. The van der Waals surface area contributed by atoms with Crippen LogP contribution in [0.15, 0.2) is 24.4 Å². The van der Waals surface area contributed by atoms with Crippen LogP contribution in [-0.4, -0.2) is 23.3 Å². The summed E-state index contributed by atoms with van der Waals surface area (Å²) in [5, 5.41) is 10.3. The summed E-state index contributed by atoms with van der Waals surface area (Å²) in [5.41, 5.74) is 2.26. The predicted octanol–water partition coefficient (Wildman–Crippen LogP) is 6.00. The minimum absolute atomic E-state index is 0.177. The van der Waals surface area contributed by atoms with Crippen molar-refractivity contribution in [1.29, 1.82) is 0 Å². The molecule has 140 valence electrons. The Kier molecular flexibility index (Phi) is 9.50. The summed E-state index contributed by atoms with van der Waals surface area (Å²) in [5.74, 6) is 0.933. The van der Waals surface area contributed by atoms with Crippen LogP contribution in [0.5, 0.6) is 5.75 Å². The van der Waals surface area contributed by atoms with Gasteiger partial charge in [0.05, 0.1) is 6.61 Å². The number of nitrogens with one attached hydrogen (secondary N) is 1. The third-order valence-corrected chi connectivity index (χ3v) is 4.89. The lowest BCUT2D eigenvalue weighted by atomic mass is 10.1. The van der Waals surface area contributed by atoms with E-state index < -0.39 is 0 Å². The SMILES string of the molecule is CCCCCCCCCCCCOc1ccc2[nH]cc(CCO)c2c1. The maximum Gasteiger partial charge on any atom is 0.120 e. The molecule has 0 aliphatic heterocycles. The number of benzene rings is 1. The highest BCUT2D eigenvalue weighted by Gasteiger charge is 2.05. The second kappa shape index (κ2) is 12.0. The van der Waals surface area contributed by atoms with Gasteiger partial charge in [-0.1, -0.05) is 64.7 Å². The molecule has 2 N–H and O–H groups in total. The smallest absolute Gasteiger partial charge is 0.120 e. The monoisotopic (exact) mass is 345 g/mol. The average molecular weight is 346 g/mol. The normalized spacial score (nSPS) is 11.3. The highest BCUT2D eigenvalue weighted by atomic mass is 16.5. The molecule has 25 heavy (non-hydrogen) atoms. The number of rotatable bonds is 14. The van der Waals surface area contributed by atoms with Gasteiger partial charge in [0, 0.05) is 23.7 Å². The van der Waals surface area contributed by atoms with E-state index in [0.717, 1.165) is 35.2 Å². The lowest BCUT2D eigenvalue weighted by Gasteiger charge is -2.07. The fourth-order valence-corrected chi connectivity index (χ4v) is 3.35. The summed E-state index contributed by atoms with van der Waals surface area (Å²) in [7, 11) is 0. The van der Waals surface area contributed by atoms with Crippen molar-refractivity contribution in [2.45, 2.75) is 77.6 Å². The number of aromatic amines is 1. The number of H-pyrrole nitrogens is 1. The van der Waals surface area contributed by atoms with E-state index >= 15 is 0 Å². The second-order valence-electron chi connectivity index (χ2n) is 7.03. The maximum atomic E-state index is 9.14. The quantitative estimate of drug-likeness (QED) is 0.412. The van der Waals surface area contributed by atoms with Gasteiger partial charge in [0.2, 0.25) is 0 Å². The van der Waals surface area contributed by atoms with Crippen LogP contribution in [0.1, 0.15) is 76.7 Å². The Hall–Kier alpha value is -1.48. The summed E-state index contributed by atoms with van der Waals surface area (Å²) in [6.07, 6.45) is 16.1. The molecule has 3 nitrogen and oxygen atoms in total. The number of aliphatic hydroxyl groups is 1. The highest BCUT2D eigenvalue weighted by molar-refractivity contribution is 5.84. The van der Waals surface area contributed by atoms with E-state index in [2.05, 4.69) is 24.0 Å². The minimum atomic E-state index is 0.177. The first-order valence-electron chi connectivity index (χ1n) is 10.2. The van der Waals surface area contributed by atoms with Crippen LogP contribution in [0.2, 0.25) is 0 Å². The molecule has 3 heteroatoms. The Morgan fingerprint density at radius 2 is 1.60 bits per heavy atom. The van der Waals surface area contributed by atoms with Crippen molar-refractivity contribution in [2.75, 3.05) is 13.2 Å². The van der Waals surface area contributed by atoms with E-state index in [1.165, 1.54) is 57.8 Å². The molecule has 0 bridgehead atoms. The maximum absolute atomic E-state index is 9.14. The van der Waals surface area contributed by atoms with Crippen molar-refractivity contribution in [1.82, 2.24) is 4.98 Å². The van der Waals surface area contributed by atoms with Crippen molar-refractivity contribution < 1.29 is 9.84 Å². The van der Waals surface area contributed by atoms with Gasteiger partial charge in [0.15, 0.2) is 0 Å². The third kappa shape index (κ3) is 7.11. The topological polar surface area (TPSA) is 45.2 Å². The molecule has 0 spiro atoms. The largest absolute Gasteiger partial charge is 0.494 e. The lowest BCUT2D eigenvalue weighted by Crippen LogP contribution is -1.97. The molecule has 0 fully saturated rings. The Bertz CT molecular complexity index is 591. The lowest BCUT2D eigenvalue weighted by molar-refractivity contribution is 0.299. The van der Waals surface area contributed by atoms with Gasteiger partial charge in [-0.3, -0.25) is 0 Å². The summed E-state index contributed by atoms with van der Waals surface area (Å²) in [4.78, 5) is 3.25. The molecule has 2 aromatic rings. The van der Waals surface area contributed by atoms with Crippen molar-refractivity contribution in [3.05, 3.63) is 30.0 Å². The predicted molar refractivity (Wildman–Crippen MR) is 106 cm³/mol. The van der Waals surface area contributed by atoms with Crippen LogP contribution in [-0.2, 0) is 6.42 Å². The molecule has 0 saturated heterocycles. The Balaban J connectivity index is 1.57. The minimum Gasteiger partial charge on any atom is -0.494 e. The molecule has 0 saturated carbocycles. The van der Waals surface area contributed by atoms with Crippen molar-refractivity contribution in [2.24, 2.45) is 0 Å². The van der Waals surface area contributed by atoms with Crippen molar-refractivity contribution in [3.8, 4) is 5.75 Å². The number of hydrogen-bond donors (Lipinski definition) is 2. The van der Waals surface area contributed by atoms with E-state index in [9.17, 15) is 0 Å². The van der Waals surface area contributed by atoms with Gasteiger partial charge < -0.3 is 14.8 Å². The molecule has 0 atom stereocenters. The zero-order chi connectivity index (χ0) is 17.7. The molecule has 1 aromatic carbocycles. The number of ether oxygens (including phenoxy) is 1. The summed E-state index contributed by atoms with van der Waals surface area (Å²) >= 11 is 0. The molecular formula is C22H35NO2. The average Bonchev–Trinajstić information content (AvgIpc) is 3.02. The van der Waals surface area contributed by atoms with Gasteiger partial charge >= 0.3 is 0 Å². The number of aliphatic hydroxyl groups excluding tert-OH is 1. The fourth-order valence-electron chi connectivity index (χ4n) is 3.35. The number of hydrogen-bond acceptors (Lipinski definition) is 2. The van der Waals surface area contributed by atoms with Crippen LogP contribution in [0, 0.1) is 0 Å². The summed E-state index contributed by atoms with van der Waals surface area (Å²) in [6, 6.07) is 6.18. The molecular weight excluding hydrogens is 310 g/mol. The van der Waals surface area contributed by atoms with Gasteiger partial charge in [-0.2, -0.15) is 0 Å². The van der Waals surface area contributed by atoms with Gasteiger partial charge in [-0.25, -0.2) is 0 Å². The Morgan fingerprint density at radius 3 is 2.28 bits per heavy atom. The number of fused-ring (bicyclic) bond motifs is 1. The Morgan fingerprint density at radius 1 is 0.920 bits per heavy atom. The van der Waals surface area contributed by atoms with Crippen molar-refractivity contribution in [3.63, 3.8) is 0 Å². The first-order chi connectivity index (χ1) is 12.3. The first-order valence-corrected chi connectivity index (χ1v) is 10.2. The van der Waals surface area contributed by atoms with Crippen LogP contribution in [0.4, 0.5) is 0 Å². The van der Waals surface area contributed by atoms with E-state index in [0.29, 0.717) is 6.42 Å². The van der Waals surface area contributed by atoms with Gasteiger partial charge in [0.1, 0.15) is 5.75 Å². The van der Waals surface area contributed by atoms with E-state index in [1.807, 2.05) is 12.3 Å². The van der Waals surface area contributed by atoms with Crippen molar-refractivity contribution >= 4 is 10.9 Å². The van der Waals surface area contributed by atoms with Gasteiger partial charge in [-0.05, 0) is 36.6 Å². The fraction of sp³-hybridized carbons (Fsp3) is 0.636. The zero-order valence-corrected chi connectivity index (χ0v) is 15.9. The van der Waals surface area contributed by atoms with Crippen LogP contribution < -0.4 is 4.74 Å². The van der Waals surface area contributed by atoms with Gasteiger partial charge in [0.25, 0.3) is 0 Å². The van der Waals surface area contributed by atoms with Gasteiger partial charge in [-0.15, -0.1) is 0 Å².